The molecule has 360 valence electrons. The fourth-order valence-electron chi connectivity index (χ4n) is 7.43. The van der Waals surface area contributed by atoms with Gasteiger partial charge in [0.25, 0.3) is 0 Å². The zero-order chi connectivity index (χ0) is 48.7. The van der Waals surface area contributed by atoms with Crippen molar-refractivity contribution in [2.75, 3.05) is 43.6 Å². The molecule has 6 aromatic rings. The van der Waals surface area contributed by atoms with Gasteiger partial charge in [0.05, 0.1) is 38.5 Å². The van der Waals surface area contributed by atoms with Gasteiger partial charge >= 0.3 is 12.2 Å². The predicted molar refractivity (Wildman–Crippen MR) is 268 cm³/mol. The molecular formula is C46H48Cl2N6O10S4. The van der Waals surface area contributed by atoms with Crippen LogP contribution < -0.4 is 30.0 Å². The van der Waals surface area contributed by atoms with E-state index >= 15 is 0 Å². The lowest BCUT2D eigenvalue weighted by atomic mass is 10.0. The van der Waals surface area contributed by atoms with E-state index in [1.807, 2.05) is 65.8 Å². The Morgan fingerprint density at radius 1 is 0.750 bits per heavy atom. The van der Waals surface area contributed by atoms with Crippen LogP contribution >= 0.6 is 68.5 Å². The van der Waals surface area contributed by atoms with Crippen LogP contribution in [0, 0.1) is 0 Å². The number of halogens is 2. The van der Waals surface area contributed by atoms with Gasteiger partial charge in [0.15, 0.2) is 23.0 Å². The molecule has 0 fully saturated rings. The van der Waals surface area contributed by atoms with E-state index in [-0.39, 0.29) is 43.3 Å². The molecule has 22 heteroatoms. The van der Waals surface area contributed by atoms with E-state index in [0.717, 1.165) is 79.8 Å². The minimum atomic E-state index is -0.560. The molecule has 2 aromatic carbocycles. The van der Waals surface area contributed by atoms with Gasteiger partial charge in [-0.05, 0) is 83.2 Å². The second-order valence-electron chi connectivity index (χ2n) is 17.6. The summed E-state index contributed by atoms with van der Waals surface area (Å²) in [5.41, 5.74) is 11.2. The molecule has 0 unspecified atom stereocenters. The van der Waals surface area contributed by atoms with Gasteiger partial charge in [0.1, 0.15) is 26.2 Å². The Morgan fingerprint density at radius 2 is 1.21 bits per heavy atom. The smallest absolute Gasteiger partial charge is 0.410 e. The number of hydrogen-bond donors (Lipinski definition) is 2. The number of fused-ring (bicyclic) bond motifs is 6. The van der Waals surface area contributed by atoms with Crippen LogP contribution in [-0.2, 0) is 45.0 Å². The molecule has 4 aliphatic heterocycles. The summed E-state index contributed by atoms with van der Waals surface area (Å²) in [6, 6.07) is 7.70. The van der Waals surface area contributed by atoms with Crippen LogP contribution in [0.25, 0.3) is 41.6 Å². The van der Waals surface area contributed by atoms with E-state index in [9.17, 15) is 19.2 Å². The summed E-state index contributed by atoms with van der Waals surface area (Å²) in [6.45, 7) is 17.3. The summed E-state index contributed by atoms with van der Waals surface area (Å²) in [5, 5.41) is 5.70. The van der Waals surface area contributed by atoms with Gasteiger partial charge < -0.3 is 49.3 Å². The first-order valence-corrected chi connectivity index (χ1v) is 25.5. The van der Waals surface area contributed by atoms with Crippen LogP contribution in [0.4, 0.5) is 19.6 Å². The van der Waals surface area contributed by atoms with Crippen molar-refractivity contribution >= 4 is 122 Å². The number of carbonyl (C=O) groups excluding carboxylic acids is 4. The maximum Gasteiger partial charge on any atom is 0.410 e. The Balaban J connectivity index is 0.000000165. The molecule has 0 spiro atoms. The Bertz CT molecular complexity index is 2870. The third-order valence-corrected chi connectivity index (χ3v) is 15.0. The predicted octanol–water partition coefficient (Wildman–Crippen LogP) is 11.2. The van der Waals surface area contributed by atoms with Crippen molar-refractivity contribution in [1.82, 2.24) is 19.8 Å². The molecule has 0 atom stereocenters. The first-order chi connectivity index (χ1) is 32.3. The highest BCUT2D eigenvalue weighted by molar-refractivity contribution is 7.23. The van der Waals surface area contributed by atoms with Crippen molar-refractivity contribution in [3.8, 4) is 44.1 Å². The van der Waals surface area contributed by atoms with Gasteiger partial charge in [0.2, 0.25) is 24.7 Å². The van der Waals surface area contributed by atoms with E-state index in [4.69, 9.17) is 67.3 Å². The Morgan fingerprint density at radius 3 is 1.65 bits per heavy atom. The Labute approximate surface area is 417 Å². The minimum absolute atomic E-state index is 0.212. The number of thiazole rings is 2. The van der Waals surface area contributed by atoms with Gasteiger partial charge in [-0.1, -0.05) is 6.58 Å². The Kier molecular flexibility index (Phi) is 14.4. The van der Waals surface area contributed by atoms with Gasteiger partial charge in [-0.25, -0.2) is 19.6 Å². The lowest BCUT2D eigenvalue weighted by molar-refractivity contribution is -0.112. The van der Waals surface area contributed by atoms with Gasteiger partial charge in [-0.15, -0.1) is 56.9 Å². The van der Waals surface area contributed by atoms with Gasteiger partial charge in [-0.3, -0.25) is 9.59 Å². The highest BCUT2D eigenvalue weighted by atomic mass is 35.5. The summed E-state index contributed by atoms with van der Waals surface area (Å²) in [6.07, 6.45) is 2.26. The lowest BCUT2D eigenvalue weighted by Crippen LogP contribution is -2.39. The Hall–Kier alpha value is -5.38. The molecule has 3 amide bonds. The van der Waals surface area contributed by atoms with Crippen molar-refractivity contribution in [3.63, 3.8) is 0 Å². The van der Waals surface area contributed by atoms with Crippen molar-refractivity contribution in [1.29, 1.82) is 0 Å². The van der Waals surface area contributed by atoms with Crippen LogP contribution in [0.15, 0.2) is 36.9 Å². The summed E-state index contributed by atoms with van der Waals surface area (Å²) < 4.78 is 35.0. The molecule has 8 heterocycles. The maximum absolute atomic E-state index is 12.6. The summed E-state index contributed by atoms with van der Waals surface area (Å²) in [7, 11) is 0. The van der Waals surface area contributed by atoms with Crippen molar-refractivity contribution < 1.29 is 47.6 Å². The van der Waals surface area contributed by atoms with Crippen LogP contribution in [0.5, 0.6) is 23.0 Å². The van der Waals surface area contributed by atoms with E-state index < -0.39 is 11.2 Å². The second kappa shape index (κ2) is 19.9. The molecule has 0 bridgehead atoms. The number of aromatic nitrogens is 2. The van der Waals surface area contributed by atoms with Crippen molar-refractivity contribution in [3.05, 3.63) is 57.8 Å². The molecule has 0 saturated heterocycles. The summed E-state index contributed by atoms with van der Waals surface area (Å²) in [4.78, 5) is 62.1. The molecular weight excluding hydrogens is 996 g/mol. The van der Waals surface area contributed by atoms with Gasteiger partial charge in [0, 0.05) is 70.5 Å². The summed E-state index contributed by atoms with van der Waals surface area (Å²) in [5.74, 6) is 2.89. The first kappa shape index (κ1) is 49.1. The van der Waals surface area contributed by atoms with E-state index in [1.54, 1.807) is 21.1 Å². The standard InChI is InChI=1S/C23H23N3O5S2.C20H21N3O4S2.C3H4Cl2O/c1-5-18(27)25-21-19(20-24-13-8-14-15(30-11-29-14)9-16(13)32-20)12-6-7-26(10-17(12)33-21)22(28)31-23(2,3)4;1-20(2,3)27-19(24)23-5-4-10-15(8-23)28-17(21)16(10)18-22-11-6-12-13(26-9-25-12)7-14(11)29-18;4-2-1-3(5)6/h5,8-9H,1,6-7,10-11H2,2-4H3,(H,25,27);6-7H,4-5,8-9,21H2,1-3H3;1-2H2. The molecule has 3 N–H and O–H groups in total. The molecule has 68 heavy (non-hydrogen) atoms. The number of alkyl halides is 1. The largest absolute Gasteiger partial charge is 0.454 e. The SMILES string of the molecule is C=CC(=O)Nc1sc2c(c1-c1nc3cc4c(cc3s1)OCO4)CCN(C(=O)OC(C)(C)C)C2.CC(C)(C)OC(=O)N1CCc2c(sc(N)c2-c2nc3cc4c(cc3s2)OCO4)C1.O=C(Cl)CCCl. The van der Waals surface area contributed by atoms with Crippen molar-refractivity contribution in [2.45, 2.75) is 85.1 Å². The van der Waals surface area contributed by atoms with Crippen LogP contribution in [0.2, 0.25) is 0 Å². The fraction of sp³-hybridized carbons (Fsp3) is 0.391. The average Bonchev–Trinajstić information content (AvgIpc) is 4.12. The third kappa shape index (κ3) is 11.1. The highest BCUT2D eigenvalue weighted by Crippen LogP contribution is 2.49. The number of ether oxygens (including phenoxy) is 6. The zero-order valence-electron chi connectivity index (χ0n) is 38.0. The van der Waals surface area contributed by atoms with Crippen molar-refractivity contribution in [2.24, 2.45) is 0 Å². The van der Waals surface area contributed by atoms with Crippen LogP contribution in [0.3, 0.4) is 0 Å². The number of hydrogen-bond acceptors (Lipinski definition) is 17. The number of amides is 3. The molecule has 0 aliphatic carbocycles. The number of rotatable bonds is 6. The molecule has 4 aliphatic rings. The monoisotopic (exact) mass is 1040 g/mol. The number of nitrogens with zero attached hydrogens (tertiary/aromatic N) is 4. The van der Waals surface area contributed by atoms with E-state index in [1.165, 1.54) is 45.6 Å². The average molecular weight is 1040 g/mol. The summed E-state index contributed by atoms with van der Waals surface area (Å²) >= 11 is 16.1. The number of benzene rings is 2. The fourth-order valence-corrected chi connectivity index (χ4v) is 12.4. The molecule has 10 rings (SSSR count). The first-order valence-electron chi connectivity index (χ1n) is 21.4. The minimum Gasteiger partial charge on any atom is -0.454 e. The van der Waals surface area contributed by atoms with Gasteiger partial charge in [-0.2, -0.15) is 0 Å². The number of nitrogen functional groups attached to an aromatic ring is 1. The number of nitrogens with two attached hydrogens (primary N) is 1. The second-order valence-corrected chi connectivity index (χ2v) is 22.7. The number of thiophene rings is 2. The molecule has 0 radical (unpaired) electrons. The molecule has 4 aromatic heterocycles. The number of carbonyl (C=O) groups is 4. The topological polar surface area (TPSA) is 194 Å². The third-order valence-electron chi connectivity index (χ3n) is 10.4. The molecule has 0 saturated carbocycles. The quantitative estimate of drug-likeness (QED) is 0.0910. The van der Waals surface area contributed by atoms with Crippen LogP contribution in [-0.4, -0.2) is 86.9 Å². The highest BCUT2D eigenvalue weighted by Gasteiger charge is 2.33. The number of anilines is 2. The lowest BCUT2D eigenvalue weighted by Gasteiger charge is -2.30. The van der Waals surface area contributed by atoms with E-state index in [0.29, 0.717) is 55.0 Å². The molecule has 16 nitrogen and oxygen atoms in total. The maximum atomic E-state index is 12.6. The van der Waals surface area contributed by atoms with Crippen LogP contribution in [0.1, 0.15) is 68.8 Å². The normalized spacial score (nSPS) is 14.6. The zero-order valence-corrected chi connectivity index (χ0v) is 42.8. The number of nitrogens with one attached hydrogen (secondary N) is 1. The van der Waals surface area contributed by atoms with E-state index in [2.05, 4.69) is 11.9 Å².